The highest BCUT2D eigenvalue weighted by molar-refractivity contribution is 6.02. The Morgan fingerprint density at radius 2 is 2.17 bits per heavy atom. The van der Waals surface area contributed by atoms with Crippen LogP contribution in [0.4, 0.5) is 11.4 Å². The van der Waals surface area contributed by atoms with Crippen molar-refractivity contribution in [3.8, 4) is 0 Å². The fourth-order valence-corrected chi connectivity index (χ4v) is 2.42. The van der Waals surface area contributed by atoms with E-state index in [1.54, 1.807) is 0 Å². The second kappa shape index (κ2) is 4.98. The normalized spacial score (nSPS) is 19.3. The summed E-state index contributed by atoms with van der Waals surface area (Å²) >= 11 is 0. The van der Waals surface area contributed by atoms with Crippen molar-refractivity contribution in [2.75, 3.05) is 16.8 Å². The molecule has 4 heteroatoms. The molecule has 98 valence electrons. The SMILES string of the molecule is CCC(C)N(CC)c1ccc2c(c1)NC(=O)C2N. The Morgan fingerprint density at radius 3 is 2.78 bits per heavy atom. The lowest BCUT2D eigenvalue weighted by Gasteiger charge is -2.29. The molecule has 0 aromatic heterocycles. The lowest BCUT2D eigenvalue weighted by Crippen LogP contribution is -2.32. The third-order valence-electron chi connectivity index (χ3n) is 3.71. The van der Waals surface area contributed by atoms with Crippen LogP contribution in [-0.4, -0.2) is 18.5 Å². The largest absolute Gasteiger partial charge is 0.369 e. The molecule has 1 aromatic carbocycles. The summed E-state index contributed by atoms with van der Waals surface area (Å²) in [4.78, 5) is 13.9. The van der Waals surface area contributed by atoms with E-state index in [4.69, 9.17) is 5.73 Å². The van der Waals surface area contributed by atoms with Crippen LogP contribution in [0.5, 0.6) is 0 Å². The zero-order valence-corrected chi connectivity index (χ0v) is 11.2. The number of rotatable bonds is 4. The predicted molar refractivity (Wildman–Crippen MR) is 74.8 cm³/mol. The minimum atomic E-state index is -0.521. The molecule has 0 aliphatic carbocycles. The number of nitrogens with two attached hydrogens (primary N) is 1. The zero-order valence-electron chi connectivity index (χ0n) is 11.2. The third-order valence-corrected chi connectivity index (χ3v) is 3.71. The van der Waals surface area contributed by atoms with Gasteiger partial charge < -0.3 is 16.0 Å². The van der Waals surface area contributed by atoms with Crippen molar-refractivity contribution in [2.45, 2.75) is 39.3 Å². The molecule has 0 saturated heterocycles. The Labute approximate surface area is 108 Å². The van der Waals surface area contributed by atoms with Crippen LogP contribution in [0.3, 0.4) is 0 Å². The predicted octanol–water partition coefficient (Wildman–Crippen LogP) is 2.26. The van der Waals surface area contributed by atoms with Crippen LogP contribution in [0, 0.1) is 0 Å². The van der Waals surface area contributed by atoms with Crippen LogP contribution < -0.4 is 16.0 Å². The zero-order chi connectivity index (χ0) is 13.3. The molecule has 1 heterocycles. The van der Waals surface area contributed by atoms with E-state index in [0.717, 1.165) is 29.9 Å². The first-order chi connectivity index (χ1) is 8.58. The number of fused-ring (bicyclic) bond motifs is 1. The van der Waals surface area contributed by atoms with Gasteiger partial charge in [0, 0.05) is 29.5 Å². The van der Waals surface area contributed by atoms with Crippen molar-refractivity contribution in [1.29, 1.82) is 0 Å². The molecule has 2 unspecified atom stereocenters. The number of hydrogen-bond donors (Lipinski definition) is 2. The van der Waals surface area contributed by atoms with E-state index in [9.17, 15) is 4.79 Å². The molecular formula is C14H21N3O. The molecular weight excluding hydrogens is 226 g/mol. The molecule has 2 atom stereocenters. The third kappa shape index (κ3) is 2.08. The number of nitrogens with zero attached hydrogens (tertiary/aromatic N) is 1. The van der Waals surface area contributed by atoms with Crippen LogP contribution in [-0.2, 0) is 4.79 Å². The van der Waals surface area contributed by atoms with E-state index in [1.165, 1.54) is 0 Å². The Morgan fingerprint density at radius 1 is 1.44 bits per heavy atom. The van der Waals surface area contributed by atoms with Crippen molar-refractivity contribution in [3.63, 3.8) is 0 Å². The van der Waals surface area contributed by atoms with Crippen molar-refractivity contribution < 1.29 is 4.79 Å². The lowest BCUT2D eigenvalue weighted by molar-refractivity contribution is -0.116. The van der Waals surface area contributed by atoms with Gasteiger partial charge in [-0.25, -0.2) is 0 Å². The molecule has 18 heavy (non-hydrogen) atoms. The monoisotopic (exact) mass is 247 g/mol. The summed E-state index contributed by atoms with van der Waals surface area (Å²) in [5, 5.41) is 2.83. The van der Waals surface area contributed by atoms with Crippen molar-refractivity contribution >= 4 is 17.3 Å². The van der Waals surface area contributed by atoms with E-state index in [-0.39, 0.29) is 5.91 Å². The van der Waals surface area contributed by atoms with Gasteiger partial charge in [-0.3, -0.25) is 4.79 Å². The van der Waals surface area contributed by atoms with Gasteiger partial charge in [0.15, 0.2) is 0 Å². The van der Waals surface area contributed by atoms with Crippen LogP contribution in [0.2, 0.25) is 0 Å². The van der Waals surface area contributed by atoms with E-state index in [2.05, 4.69) is 37.1 Å². The first kappa shape index (κ1) is 12.9. The summed E-state index contributed by atoms with van der Waals surface area (Å²) in [6, 6.07) is 5.99. The maximum absolute atomic E-state index is 11.5. The maximum Gasteiger partial charge on any atom is 0.245 e. The summed E-state index contributed by atoms with van der Waals surface area (Å²) in [6.45, 7) is 7.48. The maximum atomic E-state index is 11.5. The Hall–Kier alpha value is -1.55. The van der Waals surface area contributed by atoms with Gasteiger partial charge in [-0.15, -0.1) is 0 Å². The van der Waals surface area contributed by atoms with Gasteiger partial charge in [0.2, 0.25) is 5.91 Å². The summed E-state index contributed by atoms with van der Waals surface area (Å²) in [6.07, 6.45) is 1.09. The molecule has 1 aliphatic rings. The highest BCUT2D eigenvalue weighted by atomic mass is 16.2. The second-order valence-corrected chi connectivity index (χ2v) is 4.78. The van der Waals surface area contributed by atoms with Gasteiger partial charge in [0.25, 0.3) is 0 Å². The number of nitrogens with one attached hydrogen (secondary N) is 1. The second-order valence-electron chi connectivity index (χ2n) is 4.78. The van der Waals surface area contributed by atoms with Gasteiger partial charge in [0.05, 0.1) is 0 Å². The van der Waals surface area contributed by atoms with Crippen molar-refractivity contribution in [1.82, 2.24) is 0 Å². The van der Waals surface area contributed by atoms with E-state index in [0.29, 0.717) is 6.04 Å². The first-order valence-corrected chi connectivity index (χ1v) is 6.55. The van der Waals surface area contributed by atoms with E-state index < -0.39 is 6.04 Å². The number of amides is 1. The fourth-order valence-electron chi connectivity index (χ4n) is 2.42. The minimum Gasteiger partial charge on any atom is -0.369 e. The molecule has 1 aliphatic heterocycles. The molecule has 0 saturated carbocycles. The van der Waals surface area contributed by atoms with Crippen LogP contribution in [0.15, 0.2) is 18.2 Å². The molecule has 4 nitrogen and oxygen atoms in total. The lowest BCUT2D eigenvalue weighted by atomic mass is 10.1. The van der Waals surface area contributed by atoms with Crippen LogP contribution in [0.25, 0.3) is 0 Å². The van der Waals surface area contributed by atoms with Gasteiger partial charge in [-0.2, -0.15) is 0 Å². The summed E-state index contributed by atoms with van der Waals surface area (Å²) in [7, 11) is 0. The fraction of sp³-hybridized carbons (Fsp3) is 0.500. The van der Waals surface area contributed by atoms with Gasteiger partial charge in [-0.05, 0) is 32.4 Å². The van der Waals surface area contributed by atoms with Crippen LogP contribution >= 0.6 is 0 Å². The van der Waals surface area contributed by atoms with Crippen molar-refractivity contribution in [2.24, 2.45) is 5.73 Å². The molecule has 3 N–H and O–H groups in total. The molecule has 1 aromatic rings. The average molecular weight is 247 g/mol. The topological polar surface area (TPSA) is 58.4 Å². The number of benzene rings is 1. The van der Waals surface area contributed by atoms with Gasteiger partial charge >= 0.3 is 0 Å². The molecule has 2 rings (SSSR count). The van der Waals surface area contributed by atoms with E-state index >= 15 is 0 Å². The Bertz CT molecular complexity index is 458. The molecule has 1 amide bonds. The number of anilines is 2. The molecule has 0 radical (unpaired) electrons. The molecule has 0 fully saturated rings. The molecule has 0 spiro atoms. The highest BCUT2D eigenvalue weighted by Crippen LogP contribution is 2.33. The quantitative estimate of drug-likeness (QED) is 0.858. The standard InChI is InChI=1S/C14H21N3O/c1-4-9(3)17(5-2)10-6-7-11-12(8-10)16-14(18)13(11)15/h6-9,13H,4-5,15H2,1-3H3,(H,16,18). The van der Waals surface area contributed by atoms with Gasteiger partial charge in [-0.1, -0.05) is 13.0 Å². The Balaban J connectivity index is 2.32. The summed E-state index contributed by atoms with van der Waals surface area (Å²) < 4.78 is 0. The summed E-state index contributed by atoms with van der Waals surface area (Å²) in [5.74, 6) is -0.117. The smallest absolute Gasteiger partial charge is 0.245 e. The highest BCUT2D eigenvalue weighted by Gasteiger charge is 2.27. The van der Waals surface area contributed by atoms with Crippen molar-refractivity contribution in [3.05, 3.63) is 23.8 Å². The minimum absolute atomic E-state index is 0.117. The van der Waals surface area contributed by atoms with E-state index in [1.807, 2.05) is 12.1 Å². The van der Waals surface area contributed by atoms with Crippen LogP contribution in [0.1, 0.15) is 38.8 Å². The average Bonchev–Trinajstić information content (AvgIpc) is 2.65. The number of carbonyl (C=O) groups is 1. The molecule has 0 bridgehead atoms. The Kier molecular flexibility index (Phi) is 3.57. The number of carbonyl (C=O) groups excluding carboxylic acids is 1. The van der Waals surface area contributed by atoms with Gasteiger partial charge in [0.1, 0.15) is 6.04 Å². The number of hydrogen-bond acceptors (Lipinski definition) is 3. The first-order valence-electron chi connectivity index (χ1n) is 6.55. The summed E-state index contributed by atoms with van der Waals surface area (Å²) in [5.41, 5.74) is 8.69.